The van der Waals surface area contributed by atoms with Crippen molar-refractivity contribution in [2.45, 2.75) is 6.92 Å². The third kappa shape index (κ3) is 1.85. The lowest BCUT2D eigenvalue weighted by molar-refractivity contribution is 1.36. The van der Waals surface area contributed by atoms with Crippen LogP contribution >= 0.6 is 15.9 Å². The van der Waals surface area contributed by atoms with Crippen molar-refractivity contribution in [1.82, 2.24) is 0 Å². The van der Waals surface area contributed by atoms with Crippen molar-refractivity contribution in [1.29, 1.82) is 0 Å². The second kappa shape index (κ2) is 3.72. The van der Waals surface area contributed by atoms with Gasteiger partial charge in [-0.2, -0.15) is 0 Å². The molecule has 0 bridgehead atoms. The summed E-state index contributed by atoms with van der Waals surface area (Å²) in [6, 6.07) is 5.94. The Hall–Kier alpha value is -0.830. The van der Waals surface area contributed by atoms with Gasteiger partial charge in [0.2, 0.25) is 0 Å². The van der Waals surface area contributed by atoms with E-state index < -0.39 is 0 Å². The lowest BCUT2D eigenvalue weighted by Crippen LogP contribution is -2.12. The van der Waals surface area contributed by atoms with E-state index in [1.807, 2.05) is 25.1 Å². The fraction of sp³-hybridized carbons (Fsp3) is 0.222. The summed E-state index contributed by atoms with van der Waals surface area (Å²) in [5, 5.41) is 0. The summed E-state index contributed by atoms with van der Waals surface area (Å²) in [4.78, 5) is 3.90. The van der Waals surface area contributed by atoms with Crippen molar-refractivity contribution < 1.29 is 0 Å². The van der Waals surface area contributed by atoms with Crippen molar-refractivity contribution in [2.75, 3.05) is 7.05 Å². The highest BCUT2D eigenvalue weighted by Crippen LogP contribution is 2.17. The standard InChI is InChI=1S/C9H11BrN2/c1-6-3-4-7(5-8(6)10)9(11)12-2/h3-5H,1-2H3,(H2,11,12). The SMILES string of the molecule is CN=C(N)c1ccc(C)c(Br)c1. The van der Waals surface area contributed by atoms with E-state index in [9.17, 15) is 0 Å². The summed E-state index contributed by atoms with van der Waals surface area (Å²) >= 11 is 3.43. The minimum absolute atomic E-state index is 0.565. The first-order valence-electron chi connectivity index (χ1n) is 3.64. The zero-order chi connectivity index (χ0) is 9.14. The van der Waals surface area contributed by atoms with Gasteiger partial charge in [-0.15, -0.1) is 0 Å². The van der Waals surface area contributed by atoms with Gasteiger partial charge in [0.15, 0.2) is 0 Å². The number of halogens is 1. The Bertz CT molecular complexity index is 318. The van der Waals surface area contributed by atoms with Crippen molar-refractivity contribution in [3.63, 3.8) is 0 Å². The number of nitrogens with zero attached hydrogens (tertiary/aromatic N) is 1. The van der Waals surface area contributed by atoms with Gasteiger partial charge in [0.1, 0.15) is 5.84 Å². The first-order chi connectivity index (χ1) is 5.65. The molecule has 0 aliphatic heterocycles. The number of nitrogens with two attached hydrogens (primary N) is 1. The lowest BCUT2D eigenvalue weighted by Gasteiger charge is -2.02. The summed E-state index contributed by atoms with van der Waals surface area (Å²) < 4.78 is 1.06. The molecule has 0 aliphatic rings. The largest absolute Gasteiger partial charge is 0.384 e. The molecule has 12 heavy (non-hydrogen) atoms. The topological polar surface area (TPSA) is 38.4 Å². The van der Waals surface area contributed by atoms with Crippen LogP contribution in [0, 0.1) is 6.92 Å². The molecule has 0 amide bonds. The number of benzene rings is 1. The van der Waals surface area contributed by atoms with Crippen molar-refractivity contribution in [2.24, 2.45) is 10.7 Å². The first kappa shape index (κ1) is 9.26. The van der Waals surface area contributed by atoms with Gasteiger partial charge in [-0.1, -0.05) is 28.1 Å². The molecule has 1 rings (SSSR count). The van der Waals surface area contributed by atoms with Crippen molar-refractivity contribution in [3.8, 4) is 0 Å². The molecule has 0 atom stereocenters. The van der Waals surface area contributed by atoms with E-state index in [0.717, 1.165) is 10.0 Å². The Labute approximate surface area is 80.6 Å². The number of hydrogen-bond acceptors (Lipinski definition) is 1. The second-order valence-corrected chi connectivity index (χ2v) is 3.43. The fourth-order valence-electron chi connectivity index (χ4n) is 0.881. The number of aliphatic imine (C=N–C) groups is 1. The van der Waals surface area contributed by atoms with Crippen LogP contribution in [0.25, 0.3) is 0 Å². The maximum Gasteiger partial charge on any atom is 0.125 e. The Morgan fingerprint density at radius 2 is 2.17 bits per heavy atom. The average molecular weight is 227 g/mol. The number of aryl methyl sites for hydroxylation is 1. The van der Waals surface area contributed by atoms with E-state index in [0.29, 0.717) is 5.84 Å². The molecule has 0 unspecified atom stereocenters. The zero-order valence-electron chi connectivity index (χ0n) is 7.13. The van der Waals surface area contributed by atoms with E-state index in [4.69, 9.17) is 5.73 Å². The monoisotopic (exact) mass is 226 g/mol. The van der Waals surface area contributed by atoms with Gasteiger partial charge >= 0.3 is 0 Å². The molecule has 0 aromatic heterocycles. The predicted octanol–water partition coefficient (Wildman–Crippen LogP) is 2.09. The van der Waals surface area contributed by atoms with Crippen molar-refractivity contribution in [3.05, 3.63) is 33.8 Å². The molecule has 2 N–H and O–H groups in total. The Balaban J connectivity index is 3.13. The normalized spacial score (nSPS) is 11.8. The van der Waals surface area contributed by atoms with Gasteiger partial charge in [-0.05, 0) is 18.6 Å². The summed E-state index contributed by atoms with van der Waals surface area (Å²) in [5.74, 6) is 0.565. The smallest absolute Gasteiger partial charge is 0.125 e. The van der Waals surface area contributed by atoms with Crippen LogP contribution in [0.15, 0.2) is 27.7 Å². The van der Waals surface area contributed by atoms with Gasteiger partial charge in [-0.3, -0.25) is 4.99 Å². The van der Waals surface area contributed by atoms with Crippen LogP contribution in [0.5, 0.6) is 0 Å². The number of amidine groups is 1. The molecule has 0 heterocycles. The number of hydrogen-bond donors (Lipinski definition) is 1. The Morgan fingerprint density at radius 1 is 1.50 bits per heavy atom. The van der Waals surface area contributed by atoms with Crippen LogP contribution < -0.4 is 5.73 Å². The quantitative estimate of drug-likeness (QED) is 0.579. The maximum atomic E-state index is 5.64. The molecule has 3 heteroatoms. The highest BCUT2D eigenvalue weighted by molar-refractivity contribution is 9.10. The van der Waals surface area contributed by atoms with Crippen LogP contribution in [-0.4, -0.2) is 12.9 Å². The maximum absolute atomic E-state index is 5.64. The number of rotatable bonds is 1. The summed E-state index contributed by atoms with van der Waals surface area (Å²) in [6.45, 7) is 2.03. The zero-order valence-corrected chi connectivity index (χ0v) is 8.72. The van der Waals surface area contributed by atoms with Crippen LogP contribution in [-0.2, 0) is 0 Å². The van der Waals surface area contributed by atoms with Crippen LogP contribution in [0.2, 0.25) is 0 Å². The van der Waals surface area contributed by atoms with Gasteiger partial charge in [0, 0.05) is 17.1 Å². The van der Waals surface area contributed by atoms with E-state index in [2.05, 4.69) is 20.9 Å². The molecule has 2 nitrogen and oxygen atoms in total. The third-order valence-corrected chi connectivity index (χ3v) is 2.56. The van der Waals surface area contributed by atoms with Crippen molar-refractivity contribution >= 4 is 21.8 Å². The molecule has 0 radical (unpaired) electrons. The minimum Gasteiger partial charge on any atom is -0.384 e. The Kier molecular flexibility index (Phi) is 2.87. The second-order valence-electron chi connectivity index (χ2n) is 2.57. The van der Waals surface area contributed by atoms with E-state index in [1.54, 1.807) is 7.05 Å². The average Bonchev–Trinajstić information content (AvgIpc) is 2.08. The van der Waals surface area contributed by atoms with E-state index in [-0.39, 0.29) is 0 Å². The molecule has 0 saturated heterocycles. The van der Waals surface area contributed by atoms with Gasteiger partial charge in [0.25, 0.3) is 0 Å². The van der Waals surface area contributed by atoms with Gasteiger partial charge in [-0.25, -0.2) is 0 Å². The van der Waals surface area contributed by atoms with Gasteiger partial charge < -0.3 is 5.73 Å². The molecule has 0 saturated carbocycles. The molecule has 0 fully saturated rings. The molecule has 1 aromatic rings. The molecule has 1 aromatic carbocycles. The van der Waals surface area contributed by atoms with Gasteiger partial charge in [0.05, 0.1) is 0 Å². The van der Waals surface area contributed by atoms with Crippen LogP contribution in [0.3, 0.4) is 0 Å². The summed E-state index contributed by atoms with van der Waals surface area (Å²) in [7, 11) is 1.68. The first-order valence-corrected chi connectivity index (χ1v) is 4.43. The minimum atomic E-state index is 0.565. The predicted molar refractivity (Wildman–Crippen MR) is 55.5 cm³/mol. The molecular weight excluding hydrogens is 216 g/mol. The van der Waals surface area contributed by atoms with E-state index >= 15 is 0 Å². The Morgan fingerprint density at radius 3 is 2.67 bits per heavy atom. The summed E-state index contributed by atoms with van der Waals surface area (Å²) in [6.07, 6.45) is 0. The van der Waals surface area contributed by atoms with E-state index in [1.165, 1.54) is 5.56 Å². The van der Waals surface area contributed by atoms with Crippen LogP contribution in [0.4, 0.5) is 0 Å². The highest BCUT2D eigenvalue weighted by atomic mass is 79.9. The molecular formula is C9H11BrN2. The highest BCUT2D eigenvalue weighted by Gasteiger charge is 1.99. The lowest BCUT2D eigenvalue weighted by atomic mass is 10.1. The summed E-state index contributed by atoms with van der Waals surface area (Å²) in [5.41, 5.74) is 7.79. The fourth-order valence-corrected chi connectivity index (χ4v) is 1.26. The van der Waals surface area contributed by atoms with Crippen LogP contribution in [0.1, 0.15) is 11.1 Å². The molecule has 0 spiro atoms. The molecule has 64 valence electrons. The molecule has 0 aliphatic carbocycles. The third-order valence-electron chi connectivity index (χ3n) is 1.71.